The zero-order valence-electron chi connectivity index (χ0n) is 10.4. The summed E-state index contributed by atoms with van der Waals surface area (Å²) in [6, 6.07) is 0. The Morgan fingerprint density at radius 2 is 2.50 bits per heavy atom. The molecular weight excluding hydrogens is 272 g/mol. The smallest absolute Gasteiger partial charge is 0.259 e. The van der Waals surface area contributed by atoms with E-state index in [4.69, 9.17) is 0 Å². The molecule has 0 unspecified atom stereocenters. The van der Waals surface area contributed by atoms with Crippen LogP contribution in [0.1, 0.15) is 10.7 Å². The summed E-state index contributed by atoms with van der Waals surface area (Å²) in [5.41, 5.74) is 1.06. The van der Waals surface area contributed by atoms with E-state index in [9.17, 15) is 10.1 Å². The first-order chi connectivity index (χ1) is 8.61. The van der Waals surface area contributed by atoms with Crippen LogP contribution in [0.25, 0.3) is 0 Å². The van der Waals surface area contributed by atoms with Crippen LogP contribution in [0.4, 0.5) is 0 Å². The van der Waals surface area contributed by atoms with E-state index in [0.29, 0.717) is 12.4 Å². The van der Waals surface area contributed by atoms with Crippen molar-refractivity contribution >= 4 is 28.9 Å². The summed E-state index contributed by atoms with van der Waals surface area (Å²) in [6.45, 7) is 2.41. The molecule has 6 nitrogen and oxygen atoms in total. The molecule has 0 amide bonds. The molecule has 1 aromatic rings. The molecule has 0 saturated carbocycles. The summed E-state index contributed by atoms with van der Waals surface area (Å²) in [7, 11) is 1.55. The fourth-order valence-electron chi connectivity index (χ4n) is 1.22. The Hall–Kier alpha value is -1.15. The lowest BCUT2D eigenvalue weighted by atomic mass is 10.5. The largest absolute Gasteiger partial charge is 0.368 e. The van der Waals surface area contributed by atoms with Crippen LogP contribution < -0.4 is 5.32 Å². The SMILES string of the molecule is CN=C(C[N+](=O)[O-])NCCSCc1nc(C)cs1. The van der Waals surface area contributed by atoms with Crippen molar-refractivity contribution in [3.63, 3.8) is 0 Å². The Bertz CT molecular complexity index is 420. The number of hydrogen-bond acceptors (Lipinski definition) is 6. The molecule has 0 fully saturated rings. The molecular formula is C10H16N4O2S2. The molecule has 0 aromatic carbocycles. The van der Waals surface area contributed by atoms with Crippen LogP contribution in [0, 0.1) is 17.0 Å². The van der Waals surface area contributed by atoms with Gasteiger partial charge in [0, 0.05) is 41.1 Å². The number of aliphatic imine (C=N–C) groups is 1. The first kappa shape index (κ1) is 14.9. The van der Waals surface area contributed by atoms with Crippen LogP contribution in [0.3, 0.4) is 0 Å². The minimum Gasteiger partial charge on any atom is -0.368 e. The zero-order chi connectivity index (χ0) is 13.4. The molecule has 1 aromatic heterocycles. The number of rotatable bonds is 7. The van der Waals surface area contributed by atoms with E-state index in [1.807, 2.05) is 12.3 Å². The number of aromatic nitrogens is 1. The van der Waals surface area contributed by atoms with Gasteiger partial charge in [-0.3, -0.25) is 15.1 Å². The van der Waals surface area contributed by atoms with Crippen molar-refractivity contribution in [2.24, 2.45) is 4.99 Å². The third-order valence-corrected chi connectivity index (χ3v) is 4.14. The molecule has 0 spiro atoms. The van der Waals surface area contributed by atoms with E-state index in [1.54, 1.807) is 30.1 Å². The summed E-state index contributed by atoms with van der Waals surface area (Å²) in [5.74, 6) is 2.18. The number of nitro groups is 1. The quantitative estimate of drug-likeness (QED) is 0.271. The molecule has 1 rings (SSSR count). The normalized spacial score (nSPS) is 11.6. The molecule has 0 atom stereocenters. The predicted molar refractivity (Wildman–Crippen MR) is 76.2 cm³/mol. The van der Waals surface area contributed by atoms with Gasteiger partial charge < -0.3 is 5.32 Å². The highest BCUT2D eigenvalue weighted by molar-refractivity contribution is 7.98. The van der Waals surface area contributed by atoms with Gasteiger partial charge in [-0.2, -0.15) is 11.8 Å². The van der Waals surface area contributed by atoms with Crippen LogP contribution in [-0.4, -0.2) is 41.6 Å². The summed E-state index contributed by atoms with van der Waals surface area (Å²) in [5, 5.41) is 16.4. The highest BCUT2D eigenvalue weighted by atomic mass is 32.2. The maximum Gasteiger partial charge on any atom is 0.259 e. The van der Waals surface area contributed by atoms with Gasteiger partial charge >= 0.3 is 0 Å². The van der Waals surface area contributed by atoms with E-state index in [0.717, 1.165) is 22.2 Å². The molecule has 0 aliphatic carbocycles. The van der Waals surface area contributed by atoms with Gasteiger partial charge in [0.25, 0.3) is 6.54 Å². The third-order valence-electron chi connectivity index (χ3n) is 2.02. The number of amidine groups is 1. The van der Waals surface area contributed by atoms with E-state index in [1.165, 1.54) is 0 Å². The number of nitrogens with one attached hydrogen (secondary N) is 1. The maximum absolute atomic E-state index is 10.3. The lowest BCUT2D eigenvalue weighted by molar-refractivity contribution is -0.463. The summed E-state index contributed by atoms with van der Waals surface area (Å²) >= 11 is 3.41. The van der Waals surface area contributed by atoms with Crippen LogP contribution in [0.5, 0.6) is 0 Å². The number of aryl methyl sites for hydroxylation is 1. The Balaban J connectivity index is 2.13. The second-order valence-corrected chi connectivity index (χ2v) is 5.57. The van der Waals surface area contributed by atoms with Gasteiger partial charge in [0.2, 0.25) is 0 Å². The first-order valence-corrected chi connectivity index (χ1v) is 7.45. The van der Waals surface area contributed by atoms with E-state index < -0.39 is 0 Å². The topological polar surface area (TPSA) is 80.4 Å². The fourth-order valence-corrected chi connectivity index (χ4v) is 2.93. The van der Waals surface area contributed by atoms with Crippen molar-refractivity contribution in [3.8, 4) is 0 Å². The summed E-state index contributed by atoms with van der Waals surface area (Å²) in [6.07, 6.45) is 0. The van der Waals surface area contributed by atoms with Gasteiger partial charge in [0.1, 0.15) is 5.01 Å². The number of thioether (sulfide) groups is 1. The maximum atomic E-state index is 10.3. The highest BCUT2D eigenvalue weighted by Gasteiger charge is 2.05. The Morgan fingerprint density at radius 3 is 3.06 bits per heavy atom. The van der Waals surface area contributed by atoms with Crippen LogP contribution >= 0.6 is 23.1 Å². The molecule has 0 aliphatic heterocycles. The Kier molecular flexibility index (Phi) is 6.66. The molecule has 0 radical (unpaired) electrons. The van der Waals surface area contributed by atoms with E-state index in [2.05, 4.69) is 15.3 Å². The van der Waals surface area contributed by atoms with Crippen molar-refractivity contribution in [2.75, 3.05) is 25.9 Å². The monoisotopic (exact) mass is 288 g/mol. The van der Waals surface area contributed by atoms with Gasteiger partial charge in [0.15, 0.2) is 5.84 Å². The lowest BCUT2D eigenvalue weighted by Gasteiger charge is -2.05. The number of hydrogen-bond donors (Lipinski definition) is 1. The van der Waals surface area contributed by atoms with E-state index >= 15 is 0 Å². The molecule has 1 N–H and O–H groups in total. The van der Waals surface area contributed by atoms with Gasteiger partial charge in [-0.15, -0.1) is 11.3 Å². The van der Waals surface area contributed by atoms with Gasteiger partial charge in [-0.25, -0.2) is 4.98 Å². The fraction of sp³-hybridized carbons (Fsp3) is 0.600. The number of nitrogens with zero attached hydrogens (tertiary/aromatic N) is 3. The second kappa shape index (κ2) is 8.04. The highest BCUT2D eigenvalue weighted by Crippen LogP contribution is 2.15. The molecule has 0 saturated heterocycles. The zero-order valence-corrected chi connectivity index (χ0v) is 12.0. The van der Waals surface area contributed by atoms with Crippen LogP contribution in [-0.2, 0) is 5.75 Å². The Morgan fingerprint density at radius 1 is 1.72 bits per heavy atom. The minimum absolute atomic E-state index is 0.243. The van der Waals surface area contributed by atoms with Crippen molar-refractivity contribution in [2.45, 2.75) is 12.7 Å². The second-order valence-electron chi connectivity index (χ2n) is 3.52. The van der Waals surface area contributed by atoms with Gasteiger partial charge in [-0.1, -0.05) is 0 Å². The van der Waals surface area contributed by atoms with Gasteiger partial charge in [-0.05, 0) is 6.92 Å². The molecule has 1 heterocycles. The van der Waals surface area contributed by atoms with Crippen LogP contribution in [0.15, 0.2) is 10.4 Å². The summed E-state index contributed by atoms with van der Waals surface area (Å²) < 4.78 is 0. The lowest BCUT2D eigenvalue weighted by Crippen LogP contribution is -2.31. The van der Waals surface area contributed by atoms with Crippen molar-refractivity contribution in [3.05, 3.63) is 26.2 Å². The molecule has 8 heteroatoms. The average molecular weight is 288 g/mol. The molecule has 18 heavy (non-hydrogen) atoms. The van der Waals surface area contributed by atoms with E-state index in [-0.39, 0.29) is 11.5 Å². The average Bonchev–Trinajstić information content (AvgIpc) is 2.72. The third kappa shape index (κ3) is 5.97. The van der Waals surface area contributed by atoms with Crippen molar-refractivity contribution < 1.29 is 4.92 Å². The van der Waals surface area contributed by atoms with Crippen molar-refractivity contribution in [1.82, 2.24) is 10.3 Å². The van der Waals surface area contributed by atoms with Gasteiger partial charge in [0.05, 0.1) is 0 Å². The first-order valence-electron chi connectivity index (χ1n) is 5.42. The standard InChI is InChI=1S/C10H16N4O2S2/c1-8-6-18-10(13-8)7-17-4-3-12-9(11-2)5-14(15)16/h6H,3-5,7H2,1-2H3,(H,11,12). The van der Waals surface area contributed by atoms with Crippen LogP contribution in [0.2, 0.25) is 0 Å². The molecule has 100 valence electrons. The summed E-state index contributed by atoms with van der Waals surface area (Å²) in [4.78, 5) is 18.1. The minimum atomic E-state index is -0.388. The molecule has 0 bridgehead atoms. The van der Waals surface area contributed by atoms with Crippen molar-refractivity contribution in [1.29, 1.82) is 0 Å². The Labute approximate surface area is 114 Å². The molecule has 0 aliphatic rings. The predicted octanol–water partition coefficient (Wildman–Crippen LogP) is 1.58. The number of thiazole rings is 1.